The predicted octanol–water partition coefficient (Wildman–Crippen LogP) is 1.13. The average molecular weight is 191 g/mol. The van der Waals surface area contributed by atoms with Gasteiger partial charge in [-0.3, -0.25) is 5.26 Å². The summed E-state index contributed by atoms with van der Waals surface area (Å²) in [6.45, 7) is 8.45. The molecule has 1 rings (SSSR count). The fraction of sp³-hybridized carbons (Fsp3) is 1.00. The Balaban J connectivity index is 0.000000223. The molecule has 0 spiro atoms. The standard InChI is InChI=1S/C5H12O2.C4H9NO/c1-5(2)3-4-7-6;1-3-6-4-2-5-1/h5-6H,3-4H2,1-2H3;5H,1-4H2. The lowest BCUT2D eigenvalue weighted by Gasteiger charge is -2.10. The van der Waals surface area contributed by atoms with E-state index in [0.717, 1.165) is 32.7 Å². The molecule has 1 fully saturated rings. The molecular weight excluding hydrogens is 170 g/mol. The molecule has 1 aliphatic heterocycles. The second-order valence-corrected chi connectivity index (χ2v) is 3.38. The lowest BCUT2D eigenvalue weighted by atomic mass is 10.1. The van der Waals surface area contributed by atoms with Gasteiger partial charge < -0.3 is 10.1 Å². The van der Waals surface area contributed by atoms with Gasteiger partial charge in [0.2, 0.25) is 0 Å². The molecule has 0 aromatic carbocycles. The highest BCUT2D eigenvalue weighted by Crippen LogP contribution is 1.96. The molecule has 0 aromatic rings. The molecule has 4 heteroatoms. The molecule has 0 aliphatic carbocycles. The topological polar surface area (TPSA) is 50.7 Å². The van der Waals surface area contributed by atoms with Crippen molar-refractivity contribution in [2.75, 3.05) is 32.9 Å². The van der Waals surface area contributed by atoms with Crippen LogP contribution in [0.1, 0.15) is 20.3 Å². The zero-order valence-corrected chi connectivity index (χ0v) is 8.58. The minimum Gasteiger partial charge on any atom is -0.379 e. The first-order chi connectivity index (χ1) is 6.27. The molecule has 2 N–H and O–H groups in total. The highest BCUT2D eigenvalue weighted by atomic mass is 17.1. The van der Waals surface area contributed by atoms with Crippen molar-refractivity contribution in [2.45, 2.75) is 20.3 Å². The molecule has 0 saturated carbocycles. The van der Waals surface area contributed by atoms with Crippen LogP contribution in [0.2, 0.25) is 0 Å². The van der Waals surface area contributed by atoms with Crippen LogP contribution in [0.5, 0.6) is 0 Å². The smallest absolute Gasteiger partial charge is 0.0822 e. The monoisotopic (exact) mass is 191 g/mol. The molecule has 0 atom stereocenters. The number of morpholine rings is 1. The van der Waals surface area contributed by atoms with E-state index in [4.69, 9.17) is 9.99 Å². The van der Waals surface area contributed by atoms with Gasteiger partial charge in [-0.2, -0.15) is 0 Å². The van der Waals surface area contributed by atoms with Crippen molar-refractivity contribution in [1.29, 1.82) is 0 Å². The van der Waals surface area contributed by atoms with Crippen LogP contribution in [0, 0.1) is 5.92 Å². The maximum absolute atomic E-state index is 7.82. The maximum Gasteiger partial charge on any atom is 0.0822 e. The lowest BCUT2D eigenvalue weighted by molar-refractivity contribution is -0.243. The zero-order valence-electron chi connectivity index (χ0n) is 8.58. The van der Waals surface area contributed by atoms with Crippen molar-refractivity contribution in [3.8, 4) is 0 Å². The van der Waals surface area contributed by atoms with Crippen LogP contribution in [-0.4, -0.2) is 38.2 Å². The van der Waals surface area contributed by atoms with E-state index in [1.165, 1.54) is 0 Å². The number of ether oxygens (including phenoxy) is 1. The van der Waals surface area contributed by atoms with Gasteiger partial charge in [0, 0.05) is 13.1 Å². The quantitative estimate of drug-likeness (QED) is 0.518. The molecular formula is C9H21NO3. The third-order valence-corrected chi connectivity index (χ3v) is 1.63. The van der Waals surface area contributed by atoms with E-state index in [9.17, 15) is 0 Å². The highest BCUT2D eigenvalue weighted by Gasteiger charge is 1.93. The summed E-state index contributed by atoms with van der Waals surface area (Å²) in [5.41, 5.74) is 0. The molecule has 4 nitrogen and oxygen atoms in total. The van der Waals surface area contributed by atoms with Crippen LogP contribution in [0.4, 0.5) is 0 Å². The summed E-state index contributed by atoms with van der Waals surface area (Å²) in [5.74, 6) is 0.618. The fourth-order valence-corrected chi connectivity index (χ4v) is 0.804. The van der Waals surface area contributed by atoms with E-state index in [2.05, 4.69) is 24.1 Å². The molecule has 0 unspecified atom stereocenters. The third kappa shape index (κ3) is 11.8. The number of hydrogen-bond donors (Lipinski definition) is 2. The van der Waals surface area contributed by atoms with Gasteiger partial charge in [0.15, 0.2) is 0 Å². The second-order valence-electron chi connectivity index (χ2n) is 3.38. The van der Waals surface area contributed by atoms with Gasteiger partial charge in [0.25, 0.3) is 0 Å². The molecule has 0 amide bonds. The van der Waals surface area contributed by atoms with Gasteiger partial charge in [0.05, 0.1) is 19.8 Å². The number of rotatable bonds is 3. The predicted molar refractivity (Wildman–Crippen MR) is 51.7 cm³/mol. The minimum absolute atomic E-state index is 0.456. The van der Waals surface area contributed by atoms with Gasteiger partial charge in [-0.05, 0) is 12.3 Å². The van der Waals surface area contributed by atoms with Gasteiger partial charge in [-0.15, -0.1) is 0 Å². The molecule has 13 heavy (non-hydrogen) atoms. The Morgan fingerprint density at radius 1 is 1.38 bits per heavy atom. The van der Waals surface area contributed by atoms with Crippen LogP contribution >= 0.6 is 0 Å². The summed E-state index contributed by atoms with van der Waals surface area (Å²) in [4.78, 5) is 3.85. The summed E-state index contributed by atoms with van der Waals surface area (Å²) < 4.78 is 5.01. The Labute approximate surface area is 80.2 Å². The summed E-state index contributed by atoms with van der Waals surface area (Å²) >= 11 is 0. The van der Waals surface area contributed by atoms with E-state index < -0.39 is 0 Å². The summed E-state index contributed by atoms with van der Waals surface area (Å²) in [5, 5.41) is 11.0. The van der Waals surface area contributed by atoms with Gasteiger partial charge >= 0.3 is 0 Å². The molecule has 1 aliphatic rings. The van der Waals surface area contributed by atoms with E-state index >= 15 is 0 Å². The van der Waals surface area contributed by atoms with Crippen molar-refractivity contribution in [3.05, 3.63) is 0 Å². The van der Waals surface area contributed by atoms with E-state index in [1.807, 2.05) is 0 Å². The Kier molecular flexibility index (Phi) is 9.80. The van der Waals surface area contributed by atoms with Gasteiger partial charge in [0.1, 0.15) is 0 Å². The summed E-state index contributed by atoms with van der Waals surface area (Å²) in [6, 6.07) is 0. The largest absolute Gasteiger partial charge is 0.379 e. The third-order valence-electron chi connectivity index (χ3n) is 1.63. The van der Waals surface area contributed by atoms with Gasteiger partial charge in [-0.1, -0.05) is 13.8 Å². The van der Waals surface area contributed by atoms with Crippen LogP contribution < -0.4 is 5.32 Å². The zero-order chi connectivity index (χ0) is 9.94. The Morgan fingerprint density at radius 3 is 2.15 bits per heavy atom. The van der Waals surface area contributed by atoms with Crippen molar-refractivity contribution in [1.82, 2.24) is 5.32 Å². The van der Waals surface area contributed by atoms with E-state index in [-0.39, 0.29) is 0 Å². The Bertz CT molecular complexity index is 83.4. The molecule has 1 saturated heterocycles. The van der Waals surface area contributed by atoms with Crippen LogP contribution in [0.15, 0.2) is 0 Å². The molecule has 80 valence electrons. The van der Waals surface area contributed by atoms with Crippen LogP contribution in [-0.2, 0) is 9.62 Å². The molecule has 1 heterocycles. The van der Waals surface area contributed by atoms with Crippen molar-refractivity contribution in [3.63, 3.8) is 0 Å². The molecule has 0 radical (unpaired) electrons. The van der Waals surface area contributed by atoms with Gasteiger partial charge in [-0.25, -0.2) is 4.89 Å². The minimum atomic E-state index is 0.456. The fourth-order valence-electron chi connectivity index (χ4n) is 0.804. The first kappa shape index (κ1) is 12.8. The lowest BCUT2D eigenvalue weighted by Crippen LogP contribution is -2.30. The van der Waals surface area contributed by atoms with E-state index in [0.29, 0.717) is 12.5 Å². The highest BCUT2D eigenvalue weighted by molar-refractivity contribution is 4.49. The molecule has 0 bridgehead atoms. The summed E-state index contributed by atoms with van der Waals surface area (Å²) in [6.07, 6.45) is 0.927. The van der Waals surface area contributed by atoms with Crippen LogP contribution in [0.25, 0.3) is 0 Å². The first-order valence-corrected chi connectivity index (χ1v) is 4.82. The Hall–Kier alpha value is -0.160. The van der Waals surface area contributed by atoms with Crippen molar-refractivity contribution in [2.24, 2.45) is 5.92 Å². The average Bonchev–Trinajstić information content (AvgIpc) is 2.18. The number of nitrogens with one attached hydrogen (secondary N) is 1. The van der Waals surface area contributed by atoms with Crippen LogP contribution in [0.3, 0.4) is 0 Å². The first-order valence-electron chi connectivity index (χ1n) is 4.82. The SMILES string of the molecule is C1COCCN1.CC(C)CCOO. The maximum atomic E-state index is 7.82. The second kappa shape index (κ2) is 9.92. The van der Waals surface area contributed by atoms with Crippen molar-refractivity contribution < 1.29 is 14.9 Å². The normalized spacial score (nSPS) is 16.6. The van der Waals surface area contributed by atoms with E-state index in [1.54, 1.807) is 0 Å². The van der Waals surface area contributed by atoms with Crippen molar-refractivity contribution >= 4 is 0 Å². The summed E-state index contributed by atoms with van der Waals surface area (Å²) in [7, 11) is 0. The Morgan fingerprint density at radius 2 is 2.00 bits per heavy atom. The number of hydrogen-bond acceptors (Lipinski definition) is 4. The molecule has 0 aromatic heterocycles.